The Balaban J connectivity index is 1.41. The fourth-order valence-electron chi connectivity index (χ4n) is 7.35. The monoisotopic (exact) mass is 555 g/mol. The maximum absolute atomic E-state index is 9.51. The molecule has 0 spiro atoms. The summed E-state index contributed by atoms with van der Waals surface area (Å²) in [6, 6.07) is 56.8. The Kier molecular flexibility index (Phi) is 5.33. The van der Waals surface area contributed by atoms with Crippen LogP contribution in [0.15, 0.2) is 152 Å². The molecule has 0 fully saturated rings. The SMILES string of the molecule is N#Cc1ccc2ccc(-c3ccc4c5c(cccc35)-c3c-4c(-c4ccccc4)c4ccccc4c3-c3ccccc3)cc2c1. The fraction of sp³-hybridized carbons (Fsp3) is 0. The number of nitrogens with zero attached hydrogens (tertiary/aromatic N) is 1. The molecule has 9 rings (SSSR count). The molecule has 0 unspecified atom stereocenters. The second-order valence-corrected chi connectivity index (χ2v) is 11.6. The third-order valence-electron chi connectivity index (χ3n) is 9.20. The van der Waals surface area contributed by atoms with E-state index in [9.17, 15) is 5.26 Å². The van der Waals surface area contributed by atoms with Gasteiger partial charge in [-0.1, -0.05) is 133 Å². The van der Waals surface area contributed by atoms with Gasteiger partial charge in [-0.2, -0.15) is 5.26 Å². The number of fused-ring (bicyclic) bond motifs is 5. The summed E-state index contributed by atoms with van der Waals surface area (Å²) in [5.74, 6) is 0. The fourth-order valence-corrected chi connectivity index (χ4v) is 7.35. The smallest absolute Gasteiger partial charge is 0.0991 e. The highest BCUT2D eigenvalue weighted by atomic mass is 14.3. The lowest BCUT2D eigenvalue weighted by Gasteiger charge is -2.20. The Morgan fingerprint density at radius 3 is 1.59 bits per heavy atom. The maximum atomic E-state index is 9.51. The Hall–Kier alpha value is -5.97. The molecule has 0 amide bonds. The molecular formula is C43H25N. The van der Waals surface area contributed by atoms with E-state index in [4.69, 9.17) is 0 Å². The van der Waals surface area contributed by atoms with Gasteiger partial charge < -0.3 is 0 Å². The minimum absolute atomic E-state index is 0.680. The van der Waals surface area contributed by atoms with Crippen molar-refractivity contribution < 1.29 is 0 Å². The molecule has 0 radical (unpaired) electrons. The third-order valence-corrected chi connectivity index (χ3v) is 9.20. The zero-order valence-electron chi connectivity index (χ0n) is 23.9. The molecule has 0 heterocycles. The van der Waals surface area contributed by atoms with Crippen LogP contribution >= 0.6 is 0 Å². The first-order valence-corrected chi connectivity index (χ1v) is 15.0. The average molecular weight is 556 g/mol. The molecule has 8 aromatic rings. The highest BCUT2D eigenvalue weighted by Gasteiger charge is 2.31. The van der Waals surface area contributed by atoms with Gasteiger partial charge in [-0.25, -0.2) is 0 Å². The zero-order chi connectivity index (χ0) is 29.2. The van der Waals surface area contributed by atoms with Crippen molar-refractivity contribution in [3.8, 4) is 61.7 Å². The Morgan fingerprint density at radius 1 is 0.364 bits per heavy atom. The summed E-state index contributed by atoms with van der Waals surface area (Å²) in [5, 5.41) is 16.8. The number of benzene rings is 8. The van der Waals surface area contributed by atoms with Crippen LogP contribution in [0.4, 0.5) is 0 Å². The average Bonchev–Trinajstić information content (AvgIpc) is 3.42. The number of hydrogen-bond donors (Lipinski definition) is 0. The molecule has 0 atom stereocenters. The molecule has 0 saturated carbocycles. The lowest BCUT2D eigenvalue weighted by molar-refractivity contribution is 1.50. The molecule has 1 nitrogen and oxygen atoms in total. The topological polar surface area (TPSA) is 23.8 Å². The van der Waals surface area contributed by atoms with Gasteiger partial charge in [-0.15, -0.1) is 0 Å². The van der Waals surface area contributed by atoms with Gasteiger partial charge in [0, 0.05) is 0 Å². The first kappa shape index (κ1) is 24.6. The highest BCUT2D eigenvalue weighted by molar-refractivity contribution is 6.28. The molecule has 0 N–H and O–H groups in total. The summed E-state index contributed by atoms with van der Waals surface area (Å²) in [5.41, 5.74) is 13.3. The summed E-state index contributed by atoms with van der Waals surface area (Å²) in [7, 11) is 0. The van der Waals surface area contributed by atoms with Crippen LogP contribution in [0.5, 0.6) is 0 Å². The summed E-state index contributed by atoms with van der Waals surface area (Å²) >= 11 is 0. The summed E-state index contributed by atoms with van der Waals surface area (Å²) in [6.07, 6.45) is 0. The Labute approximate surface area is 255 Å². The molecule has 0 bridgehead atoms. The molecule has 1 heteroatoms. The van der Waals surface area contributed by atoms with Crippen LogP contribution in [-0.2, 0) is 0 Å². The van der Waals surface area contributed by atoms with Gasteiger partial charge in [0.25, 0.3) is 0 Å². The van der Waals surface area contributed by atoms with Crippen molar-refractivity contribution >= 4 is 32.3 Å². The van der Waals surface area contributed by atoms with Crippen LogP contribution in [0.2, 0.25) is 0 Å². The number of rotatable bonds is 3. The molecule has 202 valence electrons. The molecule has 1 aliphatic rings. The van der Waals surface area contributed by atoms with Crippen molar-refractivity contribution in [3.63, 3.8) is 0 Å². The lowest BCUT2D eigenvalue weighted by Crippen LogP contribution is -1.93. The Morgan fingerprint density at radius 2 is 0.932 bits per heavy atom. The van der Waals surface area contributed by atoms with Crippen LogP contribution in [0, 0.1) is 11.3 Å². The van der Waals surface area contributed by atoms with E-state index in [0.717, 1.165) is 16.3 Å². The van der Waals surface area contributed by atoms with Crippen molar-refractivity contribution in [3.05, 3.63) is 157 Å². The van der Waals surface area contributed by atoms with Gasteiger partial charge in [0.05, 0.1) is 11.6 Å². The third kappa shape index (κ3) is 3.52. The van der Waals surface area contributed by atoms with Crippen molar-refractivity contribution in [1.29, 1.82) is 5.26 Å². The van der Waals surface area contributed by atoms with Gasteiger partial charge in [0.2, 0.25) is 0 Å². The number of hydrogen-bond acceptors (Lipinski definition) is 1. The normalized spacial score (nSPS) is 11.6. The molecule has 44 heavy (non-hydrogen) atoms. The molecule has 0 saturated heterocycles. The largest absolute Gasteiger partial charge is 0.192 e. The first-order chi connectivity index (χ1) is 21.8. The maximum Gasteiger partial charge on any atom is 0.0991 e. The van der Waals surface area contributed by atoms with Crippen LogP contribution in [0.3, 0.4) is 0 Å². The van der Waals surface area contributed by atoms with Crippen LogP contribution < -0.4 is 0 Å². The molecule has 0 aliphatic heterocycles. The van der Waals surface area contributed by atoms with Gasteiger partial charge in [-0.05, 0) is 106 Å². The van der Waals surface area contributed by atoms with E-state index in [1.54, 1.807) is 0 Å². The van der Waals surface area contributed by atoms with Crippen LogP contribution in [0.25, 0.3) is 88.0 Å². The van der Waals surface area contributed by atoms with E-state index in [1.165, 1.54) is 71.6 Å². The quantitative estimate of drug-likeness (QED) is 0.213. The predicted molar refractivity (Wildman–Crippen MR) is 184 cm³/mol. The van der Waals surface area contributed by atoms with Crippen LogP contribution in [0.1, 0.15) is 5.56 Å². The van der Waals surface area contributed by atoms with Gasteiger partial charge in [-0.3, -0.25) is 0 Å². The van der Waals surface area contributed by atoms with Crippen molar-refractivity contribution in [1.82, 2.24) is 0 Å². The minimum atomic E-state index is 0.680. The van der Waals surface area contributed by atoms with Gasteiger partial charge in [0.1, 0.15) is 0 Å². The van der Waals surface area contributed by atoms with E-state index < -0.39 is 0 Å². The van der Waals surface area contributed by atoms with Gasteiger partial charge >= 0.3 is 0 Å². The van der Waals surface area contributed by atoms with E-state index in [0.29, 0.717) is 5.56 Å². The van der Waals surface area contributed by atoms with Crippen molar-refractivity contribution in [2.24, 2.45) is 0 Å². The van der Waals surface area contributed by atoms with Crippen molar-refractivity contribution in [2.75, 3.05) is 0 Å². The van der Waals surface area contributed by atoms with E-state index >= 15 is 0 Å². The highest BCUT2D eigenvalue weighted by Crippen LogP contribution is 2.58. The van der Waals surface area contributed by atoms with E-state index in [-0.39, 0.29) is 0 Å². The van der Waals surface area contributed by atoms with Crippen molar-refractivity contribution in [2.45, 2.75) is 0 Å². The standard InChI is InChI=1S/C43H25N/c44-26-27-18-19-28-20-21-31(25-32(28)24-27)33-22-23-38-41-34(33)16-9-17-37(41)42-39(29-10-3-1-4-11-29)35-14-7-8-15-36(35)40(43(38)42)30-12-5-2-6-13-30/h1-25H. The number of nitriles is 1. The van der Waals surface area contributed by atoms with E-state index in [1.807, 2.05) is 18.2 Å². The molecular weight excluding hydrogens is 530 g/mol. The lowest BCUT2D eigenvalue weighted by atomic mass is 9.82. The summed E-state index contributed by atoms with van der Waals surface area (Å²) in [6.45, 7) is 0. The van der Waals surface area contributed by atoms with Crippen LogP contribution in [-0.4, -0.2) is 0 Å². The molecule has 0 aromatic heterocycles. The predicted octanol–water partition coefficient (Wildman–Crippen LogP) is 11.7. The summed E-state index contributed by atoms with van der Waals surface area (Å²) < 4.78 is 0. The Bertz CT molecular complexity index is 2390. The second kappa shape index (κ2) is 9.53. The van der Waals surface area contributed by atoms with Gasteiger partial charge in [0.15, 0.2) is 0 Å². The molecule has 8 aromatic carbocycles. The zero-order valence-corrected chi connectivity index (χ0v) is 23.9. The first-order valence-electron chi connectivity index (χ1n) is 15.0. The van der Waals surface area contributed by atoms with E-state index in [2.05, 4.69) is 140 Å². The molecule has 1 aliphatic carbocycles. The second-order valence-electron chi connectivity index (χ2n) is 11.6. The minimum Gasteiger partial charge on any atom is -0.192 e. The summed E-state index contributed by atoms with van der Waals surface area (Å²) in [4.78, 5) is 0.